The lowest BCUT2D eigenvalue weighted by Crippen LogP contribution is -2.49. The van der Waals surface area contributed by atoms with Crippen molar-refractivity contribution in [2.75, 3.05) is 0 Å². The lowest BCUT2D eigenvalue weighted by Gasteiger charge is -2.29. The molecular weight excluding hydrogens is 424 g/mol. The fourth-order valence-corrected chi connectivity index (χ4v) is 1.69. The van der Waals surface area contributed by atoms with E-state index in [-0.39, 0.29) is 0 Å². The lowest BCUT2D eigenvalue weighted by atomic mass is 9.85. The van der Waals surface area contributed by atoms with Gasteiger partial charge in [0.2, 0.25) is 0 Å². The van der Waals surface area contributed by atoms with Crippen LogP contribution in [0.4, 0.5) is 52.7 Å². The molecule has 0 bridgehead atoms. The molecule has 1 atom stereocenters. The SMILES string of the molecule is C=C(C(=O)OC(C(F)(F)F)C(F)(F)F)C(C(=O)O)C(C(F)(F)F)C(F)(F)F. The summed E-state index contributed by atoms with van der Waals surface area (Å²) in [5.74, 6) is -14.9. The molecule has 0 fully saturated rings. The summed E-state index contributed by atoms with van der Waals surface area (Å²) in [6.45, 7) is 2.15. The third-order valence-corrected chi connectivity index (χ3v) is 2.76. The van der Waals surface area contributed by atoms with Gasteiger partial charge in [0, 0.05) is 5.57 Å². The van der Waals surface area contributed by atoms with Crippen LogP contribution < -0.4 is 0 Å². The Morgan fingerprint density at radius 2 is 1.07 bits per heavy atom. The van der Waals surface area contributed by atoms with Gasteiger partial charge in [-0.2, -0.15) is 52.7 Å². The predicted octanol–water partition coefficient (Wildman–Crippen LogP) is 4.02. The zero-order valence-corrected chi connectivity index (χ0v) is 12.1. The van der Waals surface area contributed by atoms with Crippen LogP contribution in [-0.4, -0.2) is 47.9 Å². The van der Waals surface area contributed by atoms with Gasteiger partial charge >= 0.3 is 36.6 Å². The molecular formula is C11H6F12O4. The van der Waals surface area contributed by atoms with E-state index >= 15 is 0 Å². The van der Waals surface area contributed by atoms with E-state index in [0.29, 0.717) is 0 Å². The fraction of sp³-hybridized carbons (Fsp3) is 0.636. The Bertz CT molecular complexity index is 554. The van der Waals surface area contributed by atoms with Crippen LogP contribution in [-0.2, 0) is 14.3 Å². The Morgan fingerprint density at radius 3 is 1.30 bits per heavy atom. The maximum atomic E-state index is 12.6. The van der Waals surface area contributed by atoms with Gasteiger partial charge in [-0.3, -0.25) is 4.79 Å². The largest absolute Gasteiger partial charge is 0.481 e. The number of hydrogen-bond donors (Lipinski definition) is 1. The lowest BCUT2D eigenvalue weighted by molar-refractivity contribution is -0.313. The number of carboxylic acids is 1. The van der Waals surface area contributed by atoms with Crippen LogP contribution in [0.2, 0.25) is 0 Å². The van der Waals surface area contributed by atoms with E-state index in [2.05, 4.69) is 11.3 Å². The van der Waals surface area contributed by atoms with Gasteiger partial charge in [0.05, 0.1) is 0 Å². The molecule has 4 nitrogen and oxygen atoms in total. The van der Waals surface area contributed by atoms with Crippen LogP contribution in [0.1, 0.15) is 0 Å². The van der Waals surface area contributed by atoms with Crippen molar-refractivity contribution >= 4 is 11.9 Å². The van der Waals surface area contributed by atoms with Gasteiger partial charge in [0.25, 0.3) is 6.10 Å². The number of aliphatic carboxylic acids is 1. The van der Waals surface area contributed by atoms with Crippen LogP contribution in [0.3, 0.4) is 0 Å². The minimum Gasteiger partial charge on any atom is -0.481 e. The van der Waals surface area contributed by atoms with Crippen molar-refractivity contribution < 1.29 is 72.1 Å². The fourth-order valence-electron chi connectivity index (χ4n) is 1.69. The number of esters is 1. The Hall–Kier alpha value is -2.16. The molecule has 27 heavy (non-hydrogen) atoms. The van der Waals surface area contributed by atoms with Gasteiger partial charge in [-0.25, -0.2) is 4.79 Å². The molecule has 0 saturated heterocycles. The number of carbonyl (C=O) groups is 2. The average Bonchev–Trinajstić information content (AvgIpc) is 2.34. The average molecular weight is 430 g/mol. The quantitative estimate of drug-likeness (QED) is 0.407. The first-order valence-corrected chi connectivity index (χ1v) is 6.01. The van der Waals surface area contributed by atoms with Gasteiger partial charge in [-0.15, -0.1) is 0 Å². The Balaban J connectivity index is 5.99. The second-order valence-electron chi connectivity index (χ2n) is 4.77. The molecule has 0 aromatic rings. The minimum absolute atomic E-state index is 2.15. The number of ether oxygens (including phenoxy) is 1. The normalized spacial score (nSPS) is 15.0. The highest BCUT2D eigenvalue weighted by molar-refractivity contribution is 5.95. The molecule has 0 heterocycles. The van der Waals surface area contributed by atoms with E-state index in [0.717, 1.165) is 0 Å². The van der Waals surface area contributed by atoms with Crippen LogP contribution in [0.25, 0.3) is 0 Å². The summed E-state index contributed by atoms with van der Waals surface area (Å²) in [5.41, 5.74) is -2.42. The van der Waals surface area contributed by atoms with Crippen LogP contribution in [0.15, 0.2) is 12.2 Å². The van der Waals surface area contributed by atoms with Gasteiger partial charge < -0.3 is 9.84 Å². The van der Waals surface area contributed by atoms with Crippen molar-refractivity contribution in [3.63, 3.8) is 0 Å². The molecule has 16 heteroatoms. The molecule has 1 N–H and O–H groups in total. The van der Waals surface area contributed by atoms with E-state index in [4.69, 9.17) is 5.11 Å². The van der Waals surface area contributed by atoms with Crippen molar-refractivity contribution in [3.05, 3.63) is 12.2 Å². The standard InChI is InChI=1S/C11H6F12O4/c1-2(6(26)27-7(10(18,19)20)11(21,22)23)3(5(24)25)4(8(12,13)14)9(15,16)17/h3-4,7H,1H2,(H,24,25). The molecule has 158 valence electrons. The molecule has 0 radical (unpaired) electrons. The highest BCUT2D eigenvalue weighted by Crippen LogP contribution is 2.46. The molecule has 0 aliphatic heterocycles. The number of hydrogen-bond acceptors (Lipinski definition) is 3. The van der Waals surface area contributed by atoms with Gasteiger partial charge in [-0.05, 0) is 0 Å². The Labute approximate surface area is 140 Å². The van der Waals surface area contributed by atoms with E-state index in [1.165, 1.54) is 0 Å². The van der Waals surface area contributed by atoms with Crippen LogP contribution >= 0.6 is 0 Å². The predicted molar refractivity (Wildman–Crippen MR) is 57.9 cm³/mol. The van der Waals surface area contributed by atoms with Crippen LogP contribution in [0, 0.1) is 11.8 Å². The molecule has 1 unspecified atom stereocenters. The van der Waals surface area contributed by atoms with Crippen molar-refractivity contribution in [2.45, 2.75) is 30.8 Å². The molecule has 0 spiro atoms. The number of carboxylic acid groups (broad SMARTS) is 1. The monoisotopic (exact) mass is 430 g/mol. The van der Waals surface area contributed by atoms with Crippen molar-refractivity contribution in [1.82, 2.24) is 0 Å². The Kier molecular flexibility index (Phi) is 6.86. The van der Waals surface area contributed by atoms with Crippen molar-refractivity contribution in [2.24, 2.45) is 11.8 Å². The maximum absolute atomic E-state index is 12.6. The van der Waals surface area contributed by atoms with Gasteiger partial charge in [0.15, 0.2) is 5.92 Å². The maximum Gasteiger partial charge on any atom is 0.434 e. The van der Waals surface area contributed by atoms with Crippen molar-refractivity contribution in [3.8, 4) is 0 Å². The summed E-state index contributed by atoms with van der Waals surface area (Å²) in [6.07, 6.45) is -30.4. The van der Waals surface area contributed by atoms with Crippen molar-refractivity contribution in [1.29, 1.82) is 0 Å². The zero-order valence-electron chi connectivity index (χ0n) is 12.1. The number of rotatable bonds is 5. The molecule has 0 aromatic carbocycles. The first-order valence-electron chi connectivity index (χ1n) is 6.01. The first-order chi connectivity index (χ1) is 11.6. The molecule has 0 aliphatic carbocycles. The van der Waals surface area contributed by atoms with Gasteiger partial charge in [0.1, 0.15) is 5.92 Å². The smallest absolute Gasteiger partial charge is 0.434 e. The summed E-state index contributed by atoms with van der Waals surface area (Å²) < 4.78 is 152. The van der Waals surface area contributed by atoms with Crippen LogP contribution in [0.5, 0.6) is 0 Å². The highest BCUT2D eigenvalue weighted by atomic mass is 19.4. The van der Waals surface area contributed by atoms with E-state index in [9.17, 15) is 62.3 Å². The third-order valence-electron chi connectivity index (χ3n) is 2.76. The summed E-state index contributed by atoms with van der Waals surface area (Å²) in [5, 5.41) is 8.53. The summed E-state index contributed by atoms with van der Waals surface area (Å²) in [4.78, 5) is 22.0. The minimum atomic E-state index is -6.39. The van der Waals surface area contributed by atoms with E-state index in [1.807, 2.05) is 0 Å². The first kappa shape index (κ1) is 24.8. The number of halogens is 12. The second kappa shape index (κ2) is 7.46. The molecule has 0 aliphatic rings. The second-order valence-corrected chi connectivity index (χ2v) is 4.77. The summed E-state index contributed by atoms with van der Waals surface area (Å²) >= 11 is 0. The zero-order chi connectivity index (χ0) is 22.2. The third kappa shape index (κ3) is 6.50. The molecule has 0 aromatic heterocycles. The molecule has 0 amide bonds. The summed E-state index contributed by atoms with van der Waals surface area (Å²) in [6, 6.07) is 0. The summed E-state index contributed by atoms with van der Waals surface area (Å²) in [7, 11) is 0. The van der Waals surface area contributed by atoms with Gasteiger partial charge in [-0.1, -0.05) is 6.58 Å². The Morgan fingerprint density at radius 1 is 0.741 bits per heavy atom. The highest BCUT2D eigenvalue weighted by Gasteiger charge is 2.64. The molecule has 0 saturated carbocycles. The van der Waals surface area contributed by atoms with E-state index < -0.39 is 60.2 Å². The molecule has 0 rings (SSSR count). The number of carbonyl (C=O) groups excluding carboxylic acids is 1. The number of alkyl halides is 12. The van der Waals surface area contributed by atoms with E-state index in [1.54, 1.807) is 0 Å². The topological polar surface area (TPSA) is 63.6 Å².